The van der Waals surface area contributed by atoms with E-state index in [9.17, 15) is 0 Å². The van der Waals surface area contributed by atoms with Gasteiger partial charge in [0.05, 0.1) is 0 Å². The van der Waals surface area contributed by atoms with Crippen molar-refractivity contribution in [2.75, 3.05) is 0 Å². The third kappa shape index (κ3) is 0.632. The van der Waals surface area contributed by atoms with Gasteiger partial charge in [-0.2, -0.15) is 0 Å². The van der Waals surface area contributed by atoms with Crippen LogP contribution in [0.5, 0.6) is 0 Å². The van der Waals surface area contributed by atoms with Crippen LogP contribution in [0.25, 0.3) is 5.65 Å². The third-order valence-electron chi connectivity index (χ3n) is 1.18. The summed E-state index contributed by atoms with van der Waals surface area (Å²) in [5.41, 5.74) is 0.887. The van der Waals surface area contributed by atoms with Crippen LogP contribution in [0.2, 0.25) is 0 Å². The molecule has 0 aromatic carbocycles. The van der Waals surface area contributed by atoms with Gasteiger partial charge in [0.15, 0.2) is 0 Å². The van der Waals surface area contributed by atoms with E-state index in [1.165, 1.54) is 7.19 Å². The van der Waals surface area contributed by atoms with Crippen LogP contribution in [0, 0.1) is 0 Å². The molecule has 2 rings (SSSR count). The number of pyridine rings is 1. The molecule has 0 unspecified atom stereocenters. The van der Waals surface area contributed by atoms with Gasteiger partial charge in [0, 0.05) is 0 Å². The summed E-state index contributed by atoms with van der Waals surface area (Å²) in [6, 6.07) is 5.76. The van der Waals surface area contributed by atoms with Crippen LogP contribution in [-0.2, 0) is 0 Å². The van der Waals surface area contributed by atoms with Crippen LogP contribution in [-0.4, -0.2) is 21.6 Å². The average molecular weight is 117 g/mol. The molecule has 2 heterocycles. The van der Waals surface area contributed by atoms with Crippen LogP contribution in [0.15, 0.2) is 24.4 Å². The first-order valence-corrected chi connectivity index (χ1v) is 2.71. The van der Waals surface area contributed by atoms with Crippen LogP contribution in [0.3, 0.4) is 0 Å². The van der Waals surface area contributed by atoms with Crippen molar-refractivity contribution in [2.24, 2.45) is 0 Å². The first-order chi connectivity index (χ1) is 4.47. The van der Waals surface area contributed by atoms with Gasteiger partial charge < -0.3 is 0 Å². The van der Waals surface area contributed by atoms with Crippen LogP contribution < -0.4 is 0 Å². The monoisotopic (exact) mass is 117 g/mol. The summed E-state index contributed by atoms with van der Waals surface area (Å²) in [4.78, 5) is 3.97. The zero-order valence-electron chi connectivity index (χ0n) is 4.73. The van der Waals surface area contributed by atoms with E-state index in [1.807, 2.05) is 24.4 Å². The van der Waals surface area contributed by atoms with Gasteiger partial charge in [0.25, 0.3) is 0 Å². The summed E-state index contributed by atoms with van der Waals surface area (Å²) in [6.07, 6.45) is 1.86. The summed E-state index contributed by atoms with van der Waals surface area (Å²) in [6.45, 7) is 0. The first kappa shape index (κ1) is 4.67. The molecule has 42 valence electrons. The Morgan fingerprint density at radius 3 is 3.33 bits per heavy atom. The third-order valence-corrected chi connectivity index (χ3v) is 1.18. The Morgan fingerprint density at radius 2 is 2.44 bits per heavy atom. The molecule has 0 atom stereocenters. The second-order valence-electron chi connectivity index (χ2n) is 1.76. The quantitative estimate of drug-likeness (QED) is 0.488. The Bertz CT molecular complexity index is 286. The summed E-state index contributed by atoms with van der Waals surface area (Å²) in [5.74, 6) is 0. The molecule has 9 heavy (non-hydrogen) atoms. The fourth-order valence-electron chi connectivity index (χ4n) is 0.766. The molecule has 0 saturated carbocycles. The molecule has 0 N–H and O–H groups in total. The Morgan fingerprint density at radius 1 is 1.44 bits per heavy atom. The van der Waals surface area contributed by atoms with Crippen LogP contribution in [0.4, 0.5) is 0 Å². The van der Waals surface area contributed by atoms with Crippen molar-refractivity contribution in [1.29, 1.82) is 0 Å². The number of fused-ring (bicyclic) bond motifs is 1. The summed E-state index contributed by atoms with van der Waals surface area (Å²) in [7, 11) is 1.54. The minimum atomic E-state index is 0.887. The fraction of sp³-hybridized carbons (Fsp3) is 0. The Balaban J connectivity index is 2.95. The fourth-order valence-corrected chi connectivity index (χ4v) is 0.766. The standard InChI is InChI=1S/C5H4BN3/c1-2-4-9-5(3-1)7-6-8-9/h1-4H. The van der Waals surface area contributed by atoms with Crippen LogP contribution in [0.1, 0.15) is 0 Å². The number of rotatable bonds is 0. The predicted molar refractivity (Wildman–Crippen MR) is 34.3 cm³/mol. The zero-order valence-corrected chi connectivity index (χ0v) is 4.73. The van der Waals surface area contributed by atoms with Crippen molar-refractivity contribution >= 4 is 12.8 Å². The predicted octanol–water partition coefficient (Wildman–Crippen LogP) is 0.0674. The van der Waals surface area contributed by atoms with Crippen molar-refractivity contribution in [2.45, 2.75) is 0 Å². The molecule has 0 aliphatic rings. The minimum absolute atomic E-state index is 0.887. The summed E-state index contributed by atoms with van der Waals surface area (Å²) < 4.78 is 1.72. The molecule has 0 bridgehead atoms. The maximum atomic E-state index is 3.97. The zero-order chi connectivity index (χ0) is 6.10. The van der Waals surface area contributed by atoms with Crippen molar-refractivity contribution in [3.8, 4) is 0 Å². The normalized spacial score (nSPS) is 9.78. The summed E-state index contributed by atoms with van der Waals surface area (Å²) in [5, 5.41) is 3.92. The summed E-state index contributed by atoms with van der Waals surface area (Å²) >= 11 is 0. The number of hydrogen-bond acceptors (Lipinski definition) is 2. The molecule has 2 aromatic rings. The van der Waals surface area contributed by atoms with Gasteiger partial charge >= 0.3 is 51.7 Å². The van der Waals surface area contributed by atoms with E-state index in [-0.39, 0.29) is 0 Å². The average Bonchev–Trinajstić information content (AvgIpc) is 2.33. The topological polar surface area (TPSA) is 30.2 Å². The van der Waals surface area contributed by atoms with E-state index >= 15 is 0 Å². The van der Waals surface area contributed by atoms with Crippen LogP contribution >= 0.6 is 0 Å². The molecule has 0 aliphatic heterocycles. The van der Waals surface area contributed by atoms with E-state index in [4.69, 9.17) is 0 Å². The van der Waals surface area contributed by atoms with Gasteiger partial charge in [-0.3, -0.25) is 0 Å². The molecule has 3 nitrogen and oxygen atoms in total. The molecule has 0 spiro atoms. The van der Waals surface area contributed by atoms with Gasteiger partial charge in [-0.05, 0) is 0 Å². The van der Waals surface area contributed by atoms with Gasteiger partial charge in [-0.25, -0.2) is 0 Å². The van der Waals surface area contributed by atoms with E-state index in [0.717, 1.165) is 5.65 Å². The number of hydrogen-bond donors (Lipinski definition) is 0. The van der Waals surface area contributed by atoms with Gasteiger partial charge in [0.1, 0.15) is 0 Å². The van der Waals surface area contributed by atoms with E-state index in [2.05, 4.69) is 9.90 Å². The molecule has 2 aromatic heterocycles. The van der Waals surface area contributed by atoms with Crippen molar-refractivity contribution < 1.29 is 0 Å². The Kier molecular flexibility index (Phi) is 0.857. The van der Waals surface area contributed by atoms with E-state index < -0.39 is 0 Å². The molecule has 4 heteroatoms. The van der Waals surface area contributed by atoms with E-state index in [1.54, 1.807) is 4.52 Å². The first-order valence-electron chi connectivity index (χ1n) is 2.71. The van der Waals surface area contributed by atoms with Crippen molar-refractivity contribution in [3.63, 3.8) is 0 Å². The second-order valence-corrected chi connectivity index (χ2v) is 1.76. The number of aromatic nitrogens is 3. The molecule has 0 fully saturated rings. The van der Waals surface area contributed by atoms with Crippen molar-refractivity contribution in [1.82, 2.24) is 14.4 Å². The van der Waals surface area contributed by atoms with Gasteiger partial charge in [-0.15, -0.1) is 0 Å². The van der Waals surface area contributed by atoms with Gasteiger partial charge in [-0.1, -0.05) is 0 Å². The number of nitrogens with zero attached hydrogens (tertiary/aromatic N) is 3. The van der Waals surface area contributed by atoms with E-state index in [0.29, 0.717) is 0 Å². The molecule has 0 amide bonds. The van der Waals surface area contributed by atoms with Crippen molar-refractivity contribution in [3.05, 3.63) is 24.4 Å². The second kappa shape index (κ2) is 1.65. The molecule has 0 radical (unpaired) electrons. The Labute approximate surface area is 52.6 Å². The maximum absolute atomic E-state index is 3.97. The Hall–Kier alpha value is -1.19. The van der Waals surface area contributed by atoms with Gasteiger partial charge in [0.2, 0.25) is 0 Å². The molecular formula is C5H4BN3. The molecular weight excluding hydrogens is 113 g/mol. The SMILES string of the molecule is b1nc2ccccn2n1. The molecule has 0 aliphatic carbocycles. The molecule has 0 saturated heterocycles.